The van der Waals surface area contributed by atoms with Crippen LogP contribution in [0.3, 0.4) is 0 Å². The van der Waals surface area contributed by atoms with E-state index in [9.17, 15) is 14.7 Å². The number of aliphatic carboxylic acids is 1. The van der Waals surface area contributed by atoms with E-state index in [1.165, 1.54) is 18.3 Å². The fraction of sp³-hybridized carbons (Fsp3) is 0.364. The van der Waals surface area contributed by atoms with Gasteiger partial charge in [-0.1, -0.05) is 0 Å². The highest BCUT2D eigenvalue weighted by atomic mass is 16.4. The van der Waals surface area contributed by atoms with E-state index < -0.39 is 24.0 Å². The van der Waals surface area contributed by atoms with Crippen molar-refractivity contribution in [3.05, 3.63) is 24.0 Å². The summed E-state index contributed by atoms with van der Waals surface area (Å²) in [6, 6.07) is 1.94. The molecule has 7 heteroatoms. The number of nitrogens with two attached hydrogens (primary N) is 1. The Bertz CT molecular complexity index is 474. The summed E-state index contributed by atoms with van der Waals surface area (Å²) in [4.78, 5) is 28.0. The zero-order valence-electron chi connectivity index (χ0n) is 9.48. The molecule has 1 saturated heterocycles. The number of rotatable bonds is 2. The molecule has 2 heterocycles. The number of amides is 1. The first kappa shape index (κ1) is 12.3. The van der Waals surface area contributed by atoms with Crippen molar-refractivity contribution in [3.8, 4) is 0 Å². The lowest BCUT2D eigenvalue weighted by molar-refractivity contribution is -0.141. The van der Waals surface area contributed by atoms with E-state index in [1.54, 1.807) is 0 Å². The Morgan fingerprint density at radius 1 is 1.44 bits per heavy atom. The molecule has 0 aromatic carbocycles. The van der Waals surface area contributed by atoms with Gasteiger partial charge >= 0.3 is 5.97 Å². The SMILES string of the molecule is Nc1ccc(C(=O)N2CC(O)C[C@H]2C(=O)O)nc1. The molecule has 1 aliphatic rings. The lowest BCUT2D eigenvalue weighted by Gasteiger charge is -2.20. The molecule has 4 N–H and O–H groups in total. The van der Waals surface area contributed by atoms with Crippen LogP contribution >= 0.6 is 0 Å². The molecular formula is C11H13N3O4. The maximum atomic E-state index is 12.1. The molecule has 0 bridgehead atoms. The molecule has 2 rings (SSSR count). The average molecular weight is 251 g/mol. The number of anilines is 1. The minimum absolute atomic E-state index is 0.00184. The molecule has 0 spiro atoms. The lowest BCUT2D eigenvalue weighted by atomic mass is 10.2. The van der Waals surface area contributed by atoms with Crippen LogP contribution in [-0.4, -0.2) is 50.7 Å². The number of carboxylic acid groups (broad SMARTS) is 1. The molecule has 1 aromatic heterocycles. The maximum absolute atomic E-state index is 12.1. The van der Waals surface area contributed by atoms with E-state index in [4.69, 9.17) is 10.8 Å². The van der Waals surface area contributed by atoms with E-state index in [0.29, 0.717) is 5.69 Å². The van der Waals surface area contributed by atoms with Crippen LogP contribution in [0.2, 0.25) is 0 Å². The van der Waals surface area contributed by atoms with E-state index >= 15 is 0 Å². The number of nitrogen functional groups attached to an aromatic ring is 1. The first-order chi connectivity index (χ1) is 8.49. The monoisotopic (exact) mass is 251 g/mol. The fourth-order valence-corrected chi connectivity index (χ4v) is 1.95. The highest BCUT2D eigenvalue weighted by molar-refractivity contribution is 5.95. The third-order valence-electron chi connectivity index (χ3n) is 2.83. The smallest absolute Gasteiger partial charge is 0.326 e. The summed E-state index contributed by atoms with van der Waals surface area (Å²) >= 11 is 0. The number of carboxylic acids is 1. The average Bonchev–Trinajstić information content (AvgIpc) is 2.71. The number of carbonyl (C=O) groups is 2. The number of aliphatic hydroxyl groups is 1. The van der Waals surface area contributed by atoms with Gasteiger partial charge in [0.05, 0.1) is 18.0 Å². The number of nitrogens with zero attached hydrogens (tertiary/aromatic N) is 2. The van der Waals surface area contributed by atoms with E-state index in [-0.39, 0.29) is 18.7 Å². The molecule has 1 unspecified atom stereocenters. The maximum Gasteiger partial charge on any atom is 0.326 e. The molecule has 18 heavy (non-hydrogen) atoms. The van der Waals surface area contributed by atoms with Crippen LogP contribution in [-0.2, 0) is 4.79 Å². The third kappa shape index (κ3) is 2.25. The normalized spacial score (nSPS) is 23.1. The quantitative estimate of drug-likeness (QED) is 0.641. The number of hydrogen-bond acceptors (Lipinski definition) is 5. The second-order valence-electron chi connectivity index (χ2n) is 4.18. The summed E-state index contributed by atoms with van der Waals surface area (Å²) in [6.45, 7) is 0.00184. The minimum Gasteiger partial charge on any atom is -0.480 e. The third-order valence-corrected chi connectivity index (χ3v) is 2.83. The van der Waals surface area contributed by atoms with E-state index in [2.05, 4.69) is 4.98 Å². The van der Waals surface area contributed by atoms with Crippen LogP contribution in [0, 0.1) is 0 Å². The largest absolute Gasteiger partial charge is 0.480 e. The Balaban J connectivity index is 2.22. The minimum atomic E-state index is -1.13. The first-order valence-electron chi connectivity index (χ1n) is 5.42. The van der Waals surface area contributed by atoms with Crippen molar-refractivity contribution in [2.45, 2.75) is 18.6 Å². The second-order valence-corrected chi connectivity index (χ2v) is 4.18. The van der Waals surface area contributed by atoms with Crippen LogP contribution in [0.1, 0.15) is 16.9 Å². The van der Waals surface area contributed by atoms with Crippen LogP contribution in [0.4, 0.5) is 5.69 Å². The number of likely N-dealkylation sites (tertiary alicyclic amines) is 1. The Morgan fingerprint density at radius 3 is 2.72 bits per heavy atom. The number of aromatic nitrogens is 1. The van der Waals surface area contributed by atoms with Crippen molar-refractivity contribution in [1.82, 2.24) is 9.88 Å². The summed E-state index contributed by atoms with van der Waals surface area (Å²) in [6.07, 6.45) is 0.551. The first-order valence-corrected chi connectivity index (χ1v) is 5.42. The highest BCUT2D eigenvalue weighted by Crippen LogP contribution is 2.20. The summed E-state index contributed by atoms with van der Waals surface area (Å²) in [7, 11) is 0. The second kappa shape index (κ2) is 4.61. The van der Waals surface area contributed by atoms with Gasteiger partial charge in [-0.3, -0.25) is 4.79 Å². The van der Waals surface area contributed by atoms with Crippen molar-refractivity contribution in [3.63, 3.8) is 0 Å². The summed E-state index contributed by atoms with van der Waals surface area (Å²) in [5.41, 5.74) is 5.99. The molecule has 7 nitrogen and oxygen atoms in total. The fourth-order valence-electron chi connectivity index (χ4n) is 1.95. The standard InChI is InChI=1S/C11H13N3O4/c12-6-1-2-8(13-4-6)10(16)14-5-7(15)3-9(14)11(17)18/h1-2,4,7,9,15H,3,5,12H2,(H,17,18)/t7?,9-/m0/s1. The van der Waals surface area contributed by atoms with E-state index in [1.807, 2.05) is 0 Å². The van der Waals surface area contributed by atoms with Crippen LogP contribution in [0.15, 0.2) is 18.3 Å². The van der Waals surface area contributed by atoms with Crippen molar-refractivity contribution < 1.29 is 19.8 Å². The lowest BCUT2D eigenvalue weighted by Crippen LogP contribution is -2.40. The zero-order chi connectivity index (χ0) is 13.3. The van der Waals surface area contributed by atoms with Crippen LogP contribution in [0.25, 0.3) is 0 Å². The molecule has 1 aromatic rings. The van der Waals surface area contributed by atoms with Gasteiger partial charge in [0.15, 0.2) is 0 Å². The predicted molar refractivity (Wildman–Crippen MR) is 61.7 cm³/mol. The molecule has 1 fully saturated rings. The number of hydrogen-bond donors (Lipinski definition) is 3. The summed E-state index contributed by atoms with van der Waals surface area (Å²) in [5.74, 6) is -1.64. The molecule has 2 atom stereocenters. The highest BCUT2D eigenvalue weighted by Gasteiger charge is 2.39. The Morgan fingerprint density at radius 2 is 2.17 bits per heavy atom. The topological polar surface area (TPSA) is 117 Å². The Labute approximate surface area is 103 Å². The zero-order valence-corrected chi connectivity index (χ0v) is 9.48. The molecular weight excluding hydrogens is 238 g/mol. The van der Waals surface area contributed by atoms with Crippen LogP contribution in [0.5, 0.6) is 0 Å². The number of aliphatic hydroxyl groups excluding tert-OH is 1. The number of β-amino-alcohol motifs (C(OH)–C–C–N with tert-alkyl or cyclic N) is 1. The molecule has 96 valence electrons. The van der Waals surface area contributed by atoms with Crippen molar-refractivity contribution in [2.75, 3.05) is 12.3 Å². The summed E-state index contributed by atoms with van der Waals surface area (Å²) in [5, 5.41) is 18.5. The Hall–Kier alpha value is -2.15. The van der Waals surface area contributed by atoms with Gasteiger partial charge in [0.25, 0.3) is 5.91 Å². The molecule has 0 aliphatic carbocycles. The number of pyridine rings is 1. The molecule has 1 amide bonds. The van der Waals surface area contributed by atoms with E-state index in [0.717, 1.165) is 4.90 Å². The van der Waals surface area contributed by atoms with Gasteiger partial charge in [-0.05, 0) is 12.1 Å². The molecule has 0 radical (unpaired) electrons. The van der Waals surface area contributed by atoms with Crippen molar-refractivity contribution in [1.29, 1.82) is 0 Å². The van der Waals surface area contributed by atoms with Gasteiger partial charge in [0.2, 0.25) is 0 Å². The Kier molecular flexibility index (Phi) is 3.15. The predicted octanol–water partition coefficient (Wildman–Crippen LogP) is -0.676. The van der Waals surface area contributed by atoms with Gasteiger partial charge in [0, 0.05) is 13.0 Å². The van der Waals surface area contributed by atoms with Crippen LogP contribution < -0.4 is 5.73 Å². The number of carbonyl (C=O) groups excluding carboxylic acids is 1. The van der Waals surface area contributed by atoms with Gasteiger partial charge in [-0.15, -0.1) is 0 Å². The molecule has 0 saturated carbocycles. The molecule has 1 aliphatic heterocycles. The van der Waals surface area contributed by atoms with Gasteiger partial charge in [-0.25, -0.2) is 9.78 Å². The van der Waals surface area contributed by atoms with Gasteiger partial charge in [0.1, 0.15) is 11.7 Å². The van der Waals surface area contributed by atoms with Gasteiger partial charge < -0.3 is 20.8 Å². The van der Waals surface area contributed by atoms with Crippen molar-refractivity contribution >= 4 is 17.6 Å². The summed E-state index contributed by atoms with van der Waals surface area (Å²) < 4.78 is 0. The van der Waals surface area contributed by atoms with Crippen molar-refractivity contribution in [2.24, 2.45) is 0 Å². The van der Waals surface area contributed by atoms with Gasteiger partial charge in [-0.2, -0.15) is 0 Å².